The van der Waals surface area contributed by atoms with E-state index in [0.29, 0.717) is 11.0 Å². The molecule has 0 amide bonds. The van der Waals surface area contributed by atoms with E-state index in [2.05, 4.69) is 10.1 Å². The third-order valence-corrected chi connectivity index (χ3v) is 2.52. The van der Waals surface area contributed by atoms with Gasteiger partial charge in [0, 0.05) is 7.05 Å². The van der Waals surface area contributed by atoms with Crippen LogP contribution in [-0.4, -0.2) is 19.2 Å². The first-order valence-electron chi connectivity index (χ1n) is 4.75. The Morgan fingerprint density at radius 2 is 2.00 bits per heavy atom. The average molecular weight is 216 g/mol. The van der Waals surface area contributed by atoms with Gasteiger partial charge in [-0.1, -0.05) is 12.1 Å². The summed E-state index contributed by atoms with van der Waals surface area (Å²) in [7, 11) is 1.52. The van der Waals surface area contributed by atoms with Crippen molar-refractivity contribution in [2.24, 2.45) is 7.05 Å². The smallest absolute Gasteiger partial charge is 0.317 e. The van der Waals surface area contributed by atoms with E-state index in [1.165, 1.54) is 11.4 Å². The van der Waals surface area contributed by atoms with Crippen molar-refractivity contribution in [3.8, 4) is 0 Å². The van der Waals surface area contributed by atoms with Gasteiger partial charge >= 0.3 is 5.69 Å². The lowest BCUT2D eigenvalue weighted by atomic mass is 10.3. The molecule has 6 heteroatoms. The van der Waals surface area contributed by atoms with E-state index < -0.39 is 0 Å². The molecule has 0 atom stereocenters. The van der Waals surface area contributed by atoms with Crippen LogP contribution in [0.15, 0.2) is 33.9 Å². The summed E-state index contributed by atoms with van der Waals surface area (Å²) in [6.45, 7) is 0. The summed E-state index contributed by atoms with van der Waals surface area (Å²) in [5, 5.41) is 3.89. The number of fused-ring (bicyclic) bond motifs is 3. The van der Waals surface area contributed by atoms with E-state index in [1.807, 2.05) is 0 Å². The molecule has 0 saturated heterocycles. The molecule has 2 aromatic heterocycles. The minimum Gasteiger partial charge on any atom is -0.317 e. The number of hydrogen-bond donors (Lipinski definition) is 1. The Balaban J connectivity index is 2.79. The molecule has 0 aliphatic carbocycles. The fourth-order valence-electron chi connectivity index (χ4n) is 1.78. The van der Waals surface area contributed by atoms with Crippen LogP contribution in [0.3, 0.4) is 0 Å². The number of hydrogen-bond acceptors (Lipinski definition) is 3. The fraction of sp³-hybridized carbons (Fsp3) is 0.100. The largest absolute Gasteiger partial charge is 0.350 e. The number of rotatable bonds is 0. The zero-order valence-electron chi connectivity index (χ0n) is 8.47. The first-order valence-corrected chi connectivity index (χ1v) is 4.75. The molecule has 0 aliphatic rings. The van der Waals surface area contributed by atoms with Crippen LogP contribution < -0.4 is 11.2 Å². The maximum Gasteiger partial charge on any atom is 0.350 e. The van der Waals surface area contributed by atoms with E-state index in [-0.39, 0.29) is 16.9 Å². The summed E-state index contributed by atoms with van der Waals surface area (Å²) in [4.78, 5) is 26.2. The first-order chi connectivity index (χ1) is 7.68. The van der Waals surface area contributed by atoms with Crippen molar-refractivity contribution < 1.29 is 0 Å². The van der Waals surface area contributed by atoms with Crippen molar-refractivity contribution in [2.75, 3.05) is 0 Å². The van der Waals surface area contributed by atoms with Crippen LogP contribution >= 0.6 is 0 Å². The summed E-state index contributed by atoms with van der Waals surface area (Å²) in [5.74, 6) is 0. The second-order valence-electron chi connectivity index (χ2n) is 3.54. The maximum absolute atomic E-state index is 11.8. The lowest BCUT2D eigenvalue weighted by Gasteiger charge is -1.98. The molecule has 0 unspecified atom stereocenters. The predicted octanol–water partition coefficient (Wildman–Crippen LogP) is -0.126. The Kier molecular flexibility index (Phi) is 1.57. The summed E-state index contributed by atoms with van der Waals surface area (Å²) in [6, 6.07) is 7.11. The van der Waals surface area contributed by atoms with Gasteiger partial charge in [-0.05, 0) is 12.1 Å². The van der Waals surface area contributed by atoms with E-state index in [4.69, 9.17) is 0 Å². The monoisotopic (exact) mass is 216 g/mol. The molecule has 1 N–H and O–H groups in total. The second-order valence-corrected chi connectivity index (χ2v) is 3.54. The Bertz CT molecular complexity index is 809. The van der Waals surface area contributed by atoms with E-state index in [1.54, 1.807) is 24.3 Å². The second kappa shape index (κ2) is 2.82. The number of nitrogens with zero attached hydrogens (tertiary/aromatic N) is 3. The van der Waals surface area contributed by atoms with Crippen LogP contribution in [0.2, 0.25) is 0 Å². The lowest BCUT2D eigenvalue weighted by molar-refractivity contribution is 0.734. The number of aromatic amines is 1. The van der Waals surface area contributed by atoms with Crippen molar-refractivity contribution in [2.45, 2.75) is 0 Å². The number of H-pyrrole nitrogens is 1. The molecule has 3 rings (SSSR count). The summed E-state index contributed by atoms with van der Waals surface area (Å²) < 4.78 is 2.46. The molecule has 2 heterocycles. The minimum atomic E-state index is -0.364. The molecular weight excluding hydrogens is 208 g/mol. The number of para-hydroxylation sites is 2. The summed E-state index contributed by atoms with van der Waals surface area (Å²) in [6.07, 6.45) is 0. The molecule has 6 nitrogen and oxygen atoms in total. The van der Waals surface area contributed by atoms with Gasteiger partial charge < -0.3 is 4.98 Å². The van der Waals surface area contributed by atoms with E-state index in [0.717, 1.165) is 4.68 Å². The molecule has 16 heavy (non-hydrogen) atoms. The van der Waals surface area contributed by atoms with Gasteiger partial charge in [0.15, 0.2) is 0 Å². The van der Waals surface area contributed by atoms with Gasteiger partial charge in [0.25, 0.3) is 5.56 Å². The molecule has 0 bridgehead atoms. The first kappa shape index (κ1) is 8.90. The number of aryl methyl sites for hydroxylation is 1. The Labute approximate surface area is 88.8 Å². The van der Waals surface area contributed by atoms with Crippen molar-refractivity contribution >= 4 is 16.7 Å². The number of nitrogens with one attached hydrogen (secondary N) is 1. The van der Waals surface area contributed by atoms with Gasteiger partial charge in [-0.25, -0.2) is 13.9 Å². The van der Waals surface area contributed by atoms with Crippen molar-refractivity contribution in [3.05, 3.63) is 45.1 Å². The Morgan fingerprint density at radius 3 is 2.81 bits per heavy atom. The van der Waals surface area contributed by atoms with Crippen LogP contribution in [0.25, 0.3) is 16.7 Å². The van der Waals surface area contributed by atoms with Crippen LogP contribution in [0.4, 0.5) is 0 Å². The van der Waals surface area contributed by atoms with E-state index >= 15 is 0 Å². The molecule has 3 aromatic rings. The van der Waals surface area contributed by atoms with Gasteiger partial charge in [-0.15, -0.1) is 5.10 Å². The maximum atomic E-state index is 11.8. The summed E-state index contributed by atoms with van der Waals surface area (Å²) >= 11 is 0. The van der Waals surface area contributed by atoms with Crippen LogP contribution in [0.1, 0.15) is 0 Å². The van der Waals surface area contributed by atoms with E-state index in [9.17, 15) is 9.59 Å². The van der Waals surface area contributed by atoms with Crippen molar-refractivity contribution in [1.82, 2.24) is 19.2 Å². The Morgan fingerprint density at radius 1 is 1.25 bits per heavy atom. The number of benzene rings is 1. The van der Waals surface area contributed by atoms with Crippen molar-refractivity contribution in [1.29, 1.82) is 0 Å². The van der Waals surface area contributed by atoms with Gasteiger partial charge in [0.1, 0.15) is 0 Å². The molecule has 1 aromatic carbocycles. The zero-order chi connectivity index (χ0) is 11.3. The van der Waals surface area contributed by atoms with Gasteiger partial charge in [0.05, 0.1) is 11.0 Å². The SMILES string of the molecule is Cn1nc2c(=O)[nH]c3ccccc3n2c1=O. The van der Waals surface area contributed by atoms with Crippen LogP contribution in [-0.2, 0) is 7.05 Å². The molecule has 80 valence electrons. The topological polar surface area (TPSA) is 72.2 Å². The third kappa shape index (κ3) is 0.979. The lowest BCUT2D eigenvalue weighted by Crippen LogP contribution is -2.20. The van der Waals surface area contributed by atoms with Crippen molar-refractivity contribution in [3.63, 3.8) is 0 Å². The van der Waals surface area contributed by atoms with Crippen LogP contribution in [0, 0.1) is 0 Å². The van der Waals surface area contributed by atoms with Gasteiger partial charge in [-0.3, -0.25) is 4.79 Å². The predicted molar refractivity (Wildman–Crippen MR) is 58.6 cm³/mol. The standard InChI is InChI=1S/C10H8N4O2/c1-13-10(16)14-7-5-3-2-4-6(7)11-9(15)8(14)12-13/h2-5H,1H3,(H,11,15). The van der Waals surface area contributed by atoms with Gasteiger partial charge in [-0.2, -0.15) is 0 Å². The van der Waals surface area contributed by atoms with Gasteiger partial charge in [0.2, 0.25) is 5.65 Å². The molecular formula is C10H8N4O2. The minimum absolute atomic E-state index is 0.117. The molecule has 0 saturated carbocycles. The molecule has 0 radical (unpaired) electrons. The quantitative estimate of drug-likeness (QED) is 0.569. The highest BCUT2D eigenvalue weighted by Crippen LogP contribution is 2.07. The molecule has 0 spiro atoms. The molecule has 0 fully saturated rings. The fourth-order valence-corrected chi connectivity index (χ4v) is 1.78. The summed E-state index contributed by atoms with van der Waals surface area (Å²) in [5.41, 5.74) is 0.699. The Hall–Kier alpha value is -2.37. The number of aromatic nitrogens is 4. The highest BCUT2D eigenvalue weighted by Gasteiger charge is 2.10. The van der Waals surface area contributed by atoms with Crippen LogP contribution in [0.5, 0.6) is 0 Å². The average Bonchev–Trinajstić information content (AvgIpc) is 2.57. The highest BCUT2D eigenvalue weighted by atomic mass is 16.2. The molecule has 0 aliphatic heterocycles. The third-order valence-electron chi connectivity index (χ3n) is 2.52. The normalized spacial score (nSPS) is 11.3. The highest BCUT2D eigenvalue weighted by molar-refractivity contribution is 5.76. The zero-order valence-corrected chi connectivity index (χ0v) is 8.47.